The summed E-state index contributed by atoms with van der Waals surface area (Å²) in [6.45, 7) is 0.194. The summed E-state index contributed by atoms with van der Waals surface area (Å²) in [6, 6.07) is 17.1. The molecule has 0 spiro atoms. The van der Waals surface area contributed by atoms with Gasteiger partial charge in [-0.1, -0.05) is 54.6 Å². The lowest BCUT2D eigenvalue weighted by Crippen LogP contribution is -2.25. The third-order valence-electron chi connectivity index (χ3n) is 4.47. The molecule has 3 aromatic rings. The smallest absolute Gasteiger partial charge is 0.262 e. The predicted molar refractivity (Wildman–Crippen MR) is 109 cm³/mol. The van der Waals surface area contributed by atoms with Gasteiger partial charge in [0, 0.05) is 13.2 Å². The second-order valence-electron chi connectivity index (χ2n) is 6.53. The Balaban J connectivity index is 1.85. The van der Waals surface area contributed by atoms with E-state index in [0.717, 1.165) is 16.7 Å². The van der Waals surface area contributed by atoms with Crippen LogP contribution in [0.3, 0.4) is 0 Å². The molecule has 0 bridgehead atoms. The zero-order chi connectivity index (χ0) is 20.1. The van der Waals surface area contributed by atoms with Gasteiger partial charge in [0.15, 0.2) is 0 Å². The van der Waals surface area contributed by atoms with Crippen LogP contribution in [0.4, 0.5) is 5.69 Å². The van der Waals surface area contributed by atoms with Crippen LogP contribution in [0, 0.1) is 0 Å². The zero-order valence-electron chi connectivity index (χ0n) is 15.4. The molecule has 0 aliphatic heterocycles. The Hall–Kier alpha value is -2.97. The van der Waals surface area contributed by atoms with E-state index < -0.39 is 23.1 Å². The normalized spacial score (nSPS) is 13.1. The van der Waals surface area contributed by atoms with Crippen LogP contribution < -0.4 is 10.0 Å². The number of aryl methyl sites for hydroxylation is 1. The first kappa shape index (κ1) is 19.8. The highest BCUT2D eigenvalue weighted by Gasteiger charge is 2.20. The van der Waals surface area contributed by atoms with Crippen LogP contribution in [0.2, 0.25) is 0 Å². The molecule has 1 amide bonds. The molecule has 0 aliphatic carbocycles. The minimum atomic E-state index is -2.21. The van der Waals surface area contributed by atoms with Gasteiger partial charge in [-0.05, 0) is 23.1 Å². The molecule has 146 valence electrons. The third-order valence-corrected chi connectivity index (χ3v) is 5.19. The molecule has 0 aliphatic rings. The summed E-state index contributed by atoms with van der Waals surface area (Å²) in [5.74, 6) is -0.885. The number of amides is 1. The van der Waals surface area contributed by atoms with Crippen molar-refractivity contribution in [2.24, 2.45) is 12.8 Å². The van der Waals surface area contributed by atoms with Crippen molar-refractivity contribution in [3.05, 3.63) is 83.7 Å². The maximum Gasteiger partial charge on any atom is 0.262 e. The number of primary amides is 1. The fourth-order valence-corrected chi connectivity index (χ4v) is 3.61. The summed E-state index contributed by atoms with van der Waals surface area (Å²) >= 11 is -2.21. The fourth-order valence-electron chi connectivity index (χ4n) is 3.08. The molecule has 2 unspecified atom stereocenters. The first-order valence-corrected chi connectivity index (χ1v) is 9.79. The van der Waals surface area contributed by atoms with E-state index in [1.165, 1.54) is 10.5 Å². The molecule has 3 rings (SSSR count). The number of anilines is 1. The number of carbonyl (C=O) groups is 1. The van der Waals surface area contributed by atoms with E-state index in [4.69, 9.17) is 5.73 Å². The lowest BCUT2D eigenvalue weighted by atomic mass is 9.90. The van der Waals surface area contributed by atoms with Gasteiger partial charge in [-0.15, -0.1) is 0 Å². The zero-order valence-corrected chi connectivity index (χ0v) is 16.2. The Kier molecular flexibility index (Phi) is 6.23. The van der Waals surface area contributed by atoms with Crippen molar-refractivity contribution in [1.29, 1.82) is 0 Å². The van der Waals surface area contributed by atoms with E-state index in [2.05, 4.69) is 5.10 Å². The highest BCUT2D eigenvalue weighted by molar-refractivity contribution is 7.80. The molecule has 8 heteroatoms. The molecule has 2 aromatic carbocycles. The minimum Gasteiger partial charge on any atom is -0.369 e. The Morgan fingerprint density at radius 1 is 1.21 bits per heavy atom. The van der Waals surface area contributed by atoms with E-state index in [1.807, 2.05) is 54.6 Å². The topological polar surface area (TPSA) is 101 Å². The number of nitrogens with zero attached hydrogens (tertiary/aromatic N) is 3. The lowest BCUT2D eigenvalue weighted by molar-refractivity contribution is -0.119. The first-order valence-electron chi connectivity index (χ1n) is 8.73. The molecule has 1 aromatic heterocycles. The van der Waals surface area contributed by atoms with E-state index in [0.29, 0.717) is 12.1 Å². The van der Waals surface area contributed by atoms with Crippen molar-refractivity contribution >= 4 is 22.9 Å². The summed E-state index contributed by atoms with van der Waals surface area (Å²) in [5, 5.41) is 4.05. The summed E-state index contributed by atoms with van der Waals surface area (Å²) in [7, 11) is 1.74. The van der Waals surface area contributed by atoms with E-state index in [1.54, 1.807) is 17.9 Å². The number of hydrogen-bond acceptors (Lipinski definition) is 3. The maximum atomic E-state index is 12.1. The van der Waals surface area contributed by atoms with Crippen LogP contribution in [0.15, 0.2) is 67.0 Å². The average molecular weight is 398 g/mol. The Morgan fingerprint density at radius 2 is 1.93 bits per heavy atom. The highest BCUT2D eigenvalue weighted by Crippen LogP contribution is 2.24. The molecule has 2 atom stereocenters. The summed E-state index contributed by atoms with van der Waals surface area (Å²) in [6.07, 6.45) is 3.69. The number of aromatic nitrogens is 2. The van der Waals surface area contributed by atoms with Crippen molar-refractivity contribution in [3.63, 3.8) is 0 Å². The van der Waals surface area contributed by atoms with Crippen LogP contribution in [-0.4, -0.2) is 24.4 Å². The van der Waals surface area contributed by atoms with Gasteiger partial charge >= 0.3 is 0 Å². The van der Waals surface area contributed by atoms with Crippen LogP contribution >= 0.6 is 0 Å². The molecule has 7 nitrogen and oxygen atoms in total. The molecule has 1 heterocycles. The van der Waals surface area contributed by atoms with E-state index in [-0.39, 0.29) is 6.54 Å². The minimum absolute atomic E-state index is 0.194. The van der Waals surface area contributed by atoms with Crippen LogP contribution in [0.1, 0.15) is 22.6 Å². The highest BCUT2D eigenvalue weighted by atomic mass is 32.2. The van der Waals surface area contributed by atoms with Gasteiger partial charge in [0.1, 0.15) is 0 Å². The first-order chi connectivity index (χ1) is 13.4. The van der Waals surface area contributed by atoms with Crippen molar-refractivity contribution in [3.8, 4) is 0 Å². The predicted octanol–water partition coefficient (Wildman–Crippen LogP) is 2.38. The molecular weight excluding hydrogens is 376 g/mol. The van der Waals surface area contributed by atoms with Gasteiger partial charge < -0.3 is 5.73 Å². The molecule has 3 N–H and O–H groups in total. The monoisotopic (exact) mass is 398 g/mol. The number of benzene rings is 2. The second kappa shape index (κ2) is 8.81. The standard InChI is InChI=1S/C20H22N4O3S/c1-23-14-18(12-22-23)24(28(26)27)13-16-8-5-9-17(10-16)19(20(21)25)11-15-6-3-2-4-7-15/h2-10,12,14,19H,11,13H2,1H3,(H2,21,25)(H,26,27). The molecule has 0 fully saturated rings. The van der Waals surface area contributed by atoms with Gasteiger partial charge in [0.05, 0.1) is 24.3 Å². The van der Waals surface area contributed by atoms with Gasteiger partial charge in [0.25, 0.3) is 11.3 Å². The summed E-state index contributed by atoms with van der Waals surface area (Å²) in [4.78, 5) is 12.1. The van der Waals surface area contributed by atoms with E-state index in [9.17, 15) is 13.6 Å². The van der Waals surface area contributed by atoms with Crippen molar-refractivity contribution < 1.29 is 13.6 Å². The largest absolute Gasteiger partial charge is 0.369 e. The summed E-state index contributed by atoms with van der Waals surface area (Å²) in [5.41, 5.74) is 8.79. The number of hydrogen-bond donors (Lipinski definition) is 2. The Morgan fingerprint density at radius 3 is 2.54 bits per heavy atom. The van der Waals surface area contributed by atoms with Crippen LogP contribution in [0.5, 0.6) is 0 Å². The molecule has 0 saturated heterocycles. The molecular formula is C20H22N4O3S. The van der Waals surface area contributed by atoms with Crippen molar-refractivity contribution in [2.75, 3.05) is 4.31 Å². The molecule has 0 saturated carbocycles. The quantitative estimate of drug-likeness (QED) is 0.569. The average Bonchev–Trinajstić information content (AvgIpc) is 3.10. The van der Waals surface area contributed by atoms with Crippen molar-refractivity contribution in [2.45, 2.75) is 18.9 Å². The van der Waals surface area contributed by atoms with E-state index >= 15 is 0 Å². The summed E-state index contributed by atoms with van der Waals surface area (Å²) < 4.78 is 24.4. The number of nitrogens with two attached hydrogens (primary N) is 1. The van der Waals surface area contributed by atoms with Crippen molar-refractivity contribution in [1.82, 2.24) is 9.78 Å². The number of rotatable bonds is 8. The fraction of sp³-hybridized carbons (Fsp3) is 0.200. The SMILES string of the molecule is Cn1cc(N(Cc2cccc(C(Cc3ccccc3)C(N)=O)c2)S(=O)O)cn1. The van der Waals surface area contributed by atoms with Gasteiger partial charge in [-0.3, -0.25) is 18.3 Å². The number of carbonyl (C=O) groups excluding carboxylic acids is 1. The second-order valence-corrected chi connectivity index (χ2v) is 7.43. The Labute approximate surface area is 166 Å². The lowest BCUT2D eigenvalue weighted by Gasteiger charge is -2.20. The van der Waals surface area contributed by atoms with Gasteiger partial charge in [0.2, 0.25) is 5.91 Å². The molecule has 28 heavy (non-hydrogen) atoms. The Bertz CT molecular complexity index is 974. The maximum absolute atomic E-state index is 12.1. The van der Waals surface area contributed by atoms with Crippen LogP contribution in [-0.2, 0) is 36.1 Å². The third kappa shape index (κ3) is 4.85. The van der Waals surface area contributed by atoms with Gasteiger partial charge in [-0.2, -0.15) is 5.10 Å². The van der Waals surface area contributed by atoms with Gasteiger partial charge in [-0.25, -0.2) is 4.21 Å². The molecule has 0 radical (unpaired) electrons. The van der Waals surface area contributed by atoms with Crippen LogP contribution in [0.25, 0.3) is 0 Å².